The number of rotatable bonds is 10. The van der Waals surface area contributed by atoms with E-state index in [4.69, 9.17) is 15.6 Å². The summed E-state index contributed by atoms with van der Waals surface area (Å²) in [6, 6.07) is 36.6. The van der Waals surface area contributed by atoms with Gasteiger partial charge in [-0.2, -0.15) is 0 Å². The highest BCUT2D eigenvalue weighted by atomic mass is 35.5. The molecule has 1 aliphatic heterocycles. The Hall–Kier alpha value is -3.81. The highest BCUT2D eigenvalue weighted by Crippen LogP contribution is 2.24. The number of hydrogen-bond acceptors (Lipinski definition) is 5. The number of hydrogen-bond donors (Lipinski definition) is 2. The molecule has 1 fully saturated rings. The molecule has 2 amide bonds. The Balaban J connectivity index is 0.000000265. The van der Waals surface area contributed by atoms with Crippen LogP contribution in [0.1, 0.15) is 44.7 Å². The van der Waals surface area contributed by atoms with Gasteiger partial charge in [-0.3, -0.25) is 14.5 Å². The van der Waals surface area contributed by atoms with Crippen molar-refractivity contribution in [3.63, 3.8) is 0 Å². The molecule has 0 aromatic heterocycles. The van der Waals surface area contributed by atoms with Crippen LogP contribution < -0.4 is 5.73 Å². The molecule has 0 radical (unpaired) electrons. The molecule has 3 N–H and O–H groups in total. The van der Waals surface area contributed by atoms with Crippen LogP contribution in [0.25, 0.3) is 22.3 Å². The van der Waals surface area contributed by atoms with Crippen LogP contribution in [-0.4, -0.2) is 52.7 Å². The number of nitrogens with two attached hydrogens (primary N) is 1. The van der Waals surface area contributed by atoms with E-state index in [0.29, 0.717) is 32.3 Å². The molecule has 1 aliphatic rings. The number of aliphatic hydroxyl groups is 1. The molecular formula is C38H45ClN2O4. The minimum Gasteiger partial charge on any atom is -0.395 e. The fourth-order valence-electron chi connectivity index (χ4n) is 5.14. The van der Waals surface area contributed by atoms with Gasteiger partial charge in [-0.15, -0.1) is 12.4 Å². The number of imide groups is 1. The zero-order valence-electron chi connectivity index (χ0n) is 26.4. The highest BCUT2D eigenvalue weighted by Gasteiger charge is 2.35. The Labute approximate surface area is 273 Å². The number of nitrogens with zero attached hydrogens (tertiary/aromatic N) is 1. The van der Waals surface area contributed by atoms with Gasteiger partial charge >= 0.3 is 0 Å². The summed E-state index contributed by atoms with van der Waals surface area (Å²) in [6.45, 7) is 6.31. The molecule has 1 heterocycles. The Bertz CT molecular complexity index is 1450. The second-order valence-corrected chi connectivity index (χ2v) is 12.2. The van der Waals surface area contributed by atoms with E-state index in [2.05, 4.69) is 72.8 Å². The molecule has 5 rings (SSSR count). The predicted octanol–water partition coefficient (Wildman–Crippen LogP) is 6.87. The summed E-state index contributed by atoms with van der Waals surface area (Å²) in [5, 5.41) is 8.90. The van der Waals surface area contributed by atoms with E-state index in [-0.39, 0.29) is 48.5 Å². The molecule has 0 spiro atoms. The topological polar surface area (TPSA) is 92.9 Å². The van der Waals surface area contributed by atoms with Crippen molar-refractivity contribution in [3.8, 4) is 22.3 Å². The van der Waals surface area contributed by atoms with Gasteiger partial charge in [0.05, 0.1) is 24.9 Å². The zero-order valence-corrected chi connectivity index (χ0v) is 27.2. The van der Waals surface area contributed by atoms with Crippen LogP contribution in [0.15, 0.2) is 109 Å². The quantitative estimate of drug-likeness (QED) is 0.187. The van der Waals surface area contributed by atoms with Crippen molar-refractivity contribution < 1.29 is 19.4 Å². The van der Waals surface area contributed by atoms with Crippen LogP contribution in [0, 0.1) is 0 Å². The van der Waals surface area contributed by atoms with Crippen LogP contribution in [0.3, 0.4) is 0 Å². The maximum absolute atomic E-state index is 12.2. The first-order valence-electron chi connectivity index (χ1n) is 15.3. The normalized spacial score (nSPS) is 14.3. The van der Waals surface area contributed by atoms with E-state index in [1.54, 1.807) is 0 Å². The summed E-state index contributed by atoms with van der Waals surface area (Å²) in [7, 11) is 0. The molecule has 0 saturated carbocycles. The smallest absolute Gasteiger partial charge is 0.230 e. The Kier molecular flexibility index (Phi) is 13.5. The molecule has 238 valence electrons. The summed E-state index contributed by atoms with van der Waals surface area (Å²) in [5.74, 6) is -0.188. The van der Waals surface area contributed by atoms with Crippen molar-refractivity contribution in [1.29, 1.82) is 0 Å². The number of halogens is 1. The van der Waals surface area contributed by atoms with Gasteiger partial charge in [0.2, 0.25) is 11.8 Å². The highest BCUT2D eigenvalue weighted by molar-refractivity contribution is 6.02. The van der Waals surface area contributed by atoms with Crippen molar-refractivity contribution in [2.75, 3.05) is 13.2 Å². The molecule has 45 heavy (non-hydrogen) atoms. The minimum atomic E-state index is -0.318. The fraction of sp³-hybridized carbons (Fsp3) is 0.316. The Morgan fingerprint density at radius 3 is 1.49 bits per heavy atom. The van der Waals surface area contributed by atoms with Gasteiger partial charge in [0.25, 0.3) is 0 Å². The molecular weight excluding hydrogens is 584 g/mol. The van der Waals surface area contributed by atoms with E-state index < -0.39 is 0 Å². The largest absolute Gasteiger partial charge is 0.395 e. The lowest BCUT2D eigenvalue weighted by Gasteiger charge is -2.30. The van der Waals surface area contributed by atoms with Crippen molar-refractivity contribution in [3.05, 3.63) is 120 Å². The summed E-state index contributed by atoms with van der Waals surface area (Å²) >= 11 is 0. The predicted molar refractivity (Wildman–Crippen MR) is 184 cm³/mol. The summed E-state index contributed by atoms with van der Waals surface area (Å²) < 4.78 is 5.92. The monoisotopic (exact) mass is 628 g/mol. The third-order valence-electron chi connectivity index (χ3n) is 7.49. The van der Waals surface area contributed by atoms with Gasteiger partial charge in [0.1, 0.15) is 0 Å². The lowest BCUT2D eigenvalue weighted by Crippen LogP contribution is -2.45. The molecule has 0 unspecified atom stereocenters. The van der Waals surface area contributed by atoms with Gasteiger partial charge in [0, 0.05) is 18.9 Å². The van der Waals surface area contributed by atoms with E-state index in [9.17, 15) is 9.59 Å². The number of benzene rings is 4. The molecule has 4 aromatic rings. The van der Waals surface area contributed by atoms with Gasteiger partial charge in [-0.05, 0) is 67.0 Å². The lowest BCUT2D eigenvalue weighted by molar-refractivity contribution is -0.144. The Morgan fingerprint density at radius 1 is 0.689 bits per heavy atom. The number of ether oxygens (including phenoxy) is 1. The van der Waals surface area contributed by atoms with Crippen molar-refractivity contribution in [2.45, 2.75) is 64.1 Å². The van der Waals surface area contributed by atoms with Crippen molar-refractivity contribution in [2.24, 2.45) is 5.73 Å². The average Bonchev–Trinajstić information content (AvgIpc) is 3.37. The van der Waals surface area contributed by atoms with Crippen LogP contribution in [0.5, 0.6) is 0 Å². The number of carbonyl (C=O) groups is 2. The lowest BCUT2D eigenvalue weighted by atomic mass is 10.00. The minimum absolute atomic E-state index is 0. The van der Waals surface area contributed by atoms with Crippen molar-refractivity contribution >= 4 is 24.2 Å². The van der Waals surface area contributed by atoms with Gasteiger partial charge in [0.15, 0.2) is 0 Å². The third-order valence-corrected chi connectivity index (χ3v) is 7.49. The zero-order chi connectivity index (χ0) is 31.5. The summed E-state index contributed by atoms with van der Waals surface area (Å²) in [4.78, 5) is 25.9. The number of carbonyl (C=O) groups excluding carboxylic acids is 2. The van der Waals surface area contributed by atoms with E-state index in [0.717, 1.165) is 16.7 Å². The van der Waals surface area contributed by atoms with Gasteiger partial charge in [-0.25, -0.2) is 0 Å². The molecule has 0 aliphatic carbocycles. The SMILES string of the molecule is CC(C)(C)OC[C@@H](Cc1ccc(-c2ccccc2)cc1)N1C(=O)CCC1=O.Cl.N[C@@H](CO)Cc1ccc(-c2ccccc2)cc1. The first-order valence-corrected chi connectivity index (χ1v) is 15.3. The van der Waals surface area contributed by atoms with E-state index in [1.165, 1.54) is 21.6 Å². The number of amides is 2. The third kappa shape index (κ3) is 10.9. The second kappa shape index (κ2) is 17.0. The number of likely N-dealkylation sites (tertiary alicyclic amines) is 1. The van der Waals surface area contributed by atoms with Crippen LogP contribution in [0.4, 0.5) is 0 Å². The van der Waals surface area contributed by atoms with E-state index in [1.807, 2.05) is 57.2 Å². The maximum atomic E-state index is 12.2. The van der Waals surface area contributed by atoms with Crippen molar-refractivity contribution in [1.82, 2.24) is 4.90 Å². The fourth-order valence-corrected chi connectivity index (χ4v) is 5.14. The van der Waals surface area contributed by atoms with Crippen LogP contribution in [-0.2, 0) is 27.2 Å². The summed E-state index contributed by atoms with van der Waals surface area (Å²) in [6.07, 6.45) is 1.92. The van der Waals surface area contributed by atoms with E-state index >= 15 is 0 Å². The molecule has 7 heteroatoms. The molecule has 2 atom stereocenters. The van der Waals surface area contributed by atoms with Crippen LogP contribution >= 0.6 is 12.4 Å². The Morgan fingerprint density at radius 2 is 1.09 bits per heavy atom. The van der Waals surface area contributed by atoms with Gasteiger partial charge in [-0.1, -0.05) is 109 Å². The molecule has 1 saturated heterocycles. The average molecular weight is 629 g/mol. The maximum Gasteiger partial charge on any atom is 0.230 e. The van der Waals surface area contributed by atoms with Crippen LogP contribution in [0.2, 0.25) is 0 Å². The molecule has 4 aromatic carbocycles. The molecule has 6 nitrogen and oxygen atoms in total. The molecule has 0 bridgehead atoms. The van der Waals surface area contributed by atoms with Gasteiger partial charge < -0.3 is 15.6 Å². The number of aliphatic hydroxyl groups excluding tert-OH is 1. The second-order valence-electron chi connectivity index (χ2n) is 12.2. The first-order chi connectivity index (χ1) is 21.1. The standard InChI is InChI=1S/C23H27NO3.C15H17NO.ClH/c1-23(2,3)27-16-20(24-21(25)13-14-22(24)26)15-17-9-11-19(12-10-17)18-7-5-4-6-8-18;16-15(11-17)10-12-6-8-14(9-7-12)13-4-2-1-3-5-13;/h4-12,20H,13-16H2,1-3H3;1-9,15,17H,10-11,16H2;1H/t20-;15-;/m11./s1. The summed E-state index contributed by atoms with van der Waals surface area (Å²) in [5.41, 5.74) is 12.4. The first kappa shape index (κ1) is 35.7.